The van der Waals surface area contributed by atoms with Gasteiger partial charge in [-0.15, -0.1) is 16.4 Å². The van der Waals surface area contributed by atoms with Crippen LogP contribution in [0.15, 0.2) is 21.4 Å². The molecule has 0 unspecified atom stereocenters. The van der Waals surface area contributed by atoms with Gasteiger partial charge in [0.15, 0.2) is 0 Å². The molecule has 3 aromatic heterocycles. The largest absolute Gasteiger partial charge is 0.309 e. The number of tetrazole rings is 1. The Morgan fingerprint density at radius 2 is 2.40 bits per heavy atom. The van der Waals surface area contributed by atoms with Crippen LogP contribution in [-0.2, 0) is 5.75 Å². The molecule has 0 bridgehead atoms. The van der Waals surface area contributed by atoms with Crippen LogP contribution in [0, 0.1) is 0 Å². The fourth-order valence-electron chi connectivity index (χ4n) is 1.95. The molecule has 0 amide bonds. The van der Waals surface area contributed by atoms with Crippen LogP contribution in [0.3, 0.4) is 0 Å². The van der Waals surface area contributed by atoms with Crippen molar-refractivity contribution in [3.63, 3.8) is 0 Å². The second kappa shape index (κ2) is 4.67. The first-order valence-electron chi connectivity index (χ1n) is 6.18. The Balaban J connectivity index is 1.58. The van der Waals surface area contributed by atoms with E-state index in [-0.39, 0.29) is 5.56 Å². The summed E-state index contributed by atoms with van der Waals surface area (Å²) in [5.41, 5.74) is 0.665. The molecule has 0 aliphatic heterocycles. The SMILES string of the molecule is O=c1[nH]c(CSc2nnnn2C2CC2)nc2ccsc12. The number of fused-ring (bicyclic) bond motifs is 1. The highest BCUT2D eigenvalue weighted by Gasteiger charge is 2.27. The minimum absolute atomic E-state index is 0.0811. The van der Waals surface area contributed by atoms with Gasteiger partial charge in [0, 0.05) is 0 Å². The standard InChI is InChI=1S/C11H10N6OS2/c18-10-9-7(3-4-19-9)12-8(13-10)5-20-11-14-15-16-17(11)6-1-2-6/h3-4,6H,1-2,5H2,(H,12,13,18). The van der Waals surface area contributed by atoms with Crippen LogP contribution < -0.4 is 5.56 Å². The van der Waals surface area contributed by atoms with Crippen LogP contribution in [0.2, 0.25) is 0 Å². The lowest BCUT2D eigenvalue weighted by Gasteiger charge is -2.02. The van der Waals surface area contributed by atoms with Gasteiger partial charge in [-0.1, -0.05) is 11.8 Å². The van der Waals surface area contributed by atoms with Crippen molar-refractivity contribution < 1.29 is 0 Å². The molecule has 4 rings (SSSR count). The molecule has 1 N–H and O–H groups in total. The monoisotopic (exact) mass is 306 g/mol. The second-order valence-electron chi connectivity index (χ2n) is 4.57. The Hall–Kier alpha value is -1.74. The summed E-state index contributed by atoms with van der Waals surface area (Å²) < 4.78 is 2.52. The van der Waals surface area contributed by atoms with E-state index in [2.05, 4.69) is 25.5 Å². The van der Waals surface area contributed by atoms with E-state index >= 15 is 0 Å². The molecule has 102 valence electrons. The van der Waals surface area contributed by atoms with Crippen molar-refractivity contribution in [1.82, 2.24) is 30.2 Å². The molecule has 1 aliphatic carbocycles. The number of rotatable bonds is 4. The van der Waals surface area contributed by atoms with Crippen LogP contribution in [0.1, 0.15) is 24.7 Å². The molecule has 0 atom stereocenters. The molecule has 0 spiro atoms. The number of thiophene rings is 1. The van der Waals surface area contributed by atoms with Gasteiger partial charge in [0.2, 0.25) is 5.16 Å². The molecular formula is C11H10N6OS2. The average molecular weight is 306 g/mol. The summed E-state index contributed by atoms with van der Waals surface area (Å²) >= 11 is 2.90. The first-order chi connectivity index (χ1) is 9.81. The molecule has 3 aromatic rings. The molecule has 0 radical (unpaired) electrons. The van der Waals surface area contributed by atoms with Gasteiger partial charge in [0.05, 0.1) is 17.3 Å². The molecular weight excluding hydrogens is 296 g/mol. The van der Waals surface area contributed by atoms with Crippen molar-refractivity contribution >= 4 is 33.3 Å². The summed E-state index contributed by atoms with van der Waals surface area (Å²) in [6.07, 6.45) is 2.27. The van der Waals surface area contributed by atoms with Crippen molar-refractivity contribution in [3.8, 4) is 0 Å². The third-order valence-corrected chi connectivity index (χ3v) is 4.90. The highest BCUT2D eigenvalue weighted by Crippen LogP contribution is 2.36. The summed E-state index contributed by atoms with van der Waals surface area (Å²) in [5, 5.41) is 14.4. The predicted octanol–water partition coefficient (Wildman–Crippen LogP) is 1.60. The Morgan fingerprint density at radius 3 is 3.25 bits per heavy atom. The number of aromatic amines is 1. The van der Waals surface area contributed by atoms with E-state index in [1.54, 1.807) is 0 Å². The zero-order valence-corrected chi connectivity index (χ0v) is 11.9. The third kappa shape index (κ3) is 2.12. The van der Waals surface area contributed by atoms with Gasteiger partial charge in [-0.25, -0.2) is 9.67 Å². The number of nitrogens with one attached hydrogen (secondary N) is 1. The van der Waals surface area contributed by atoms with E-state index < -0.39 is 0 Å². The molecule has 0 aromatic carbocycles. The molecule has 3 heterocycles. The summed E-state index contributed by atoms with van der Waals surface area (Å²) in [4.78, 5) is 19.1. The third-order valence-electron chi connectivity index (χ3n) is 3.06. The number of hydrogen-bond donors (Lipinski definition) is 1. The van der Waals surface area contributed by atoms with Gasteiger partial charge in [-0.05, 0) is 34.7 Å². The molecule has 9 heteroatoms. The maximum Gasteiger partial charge on any atom is 0.268 e. The molecule has 7 nitrogen and oxygen atoms in total. The summed E-state index contributed by atoms with van der Waals surface area (Å²) in [6, 6.07) is 2.30. The van der Waals surface area contributed by atoms with Crippen LogP contribution >= 0.6 is 23.1 Å². The molecule has 1 fully saturated rings. The normalized spacial score (nSPS) is 15.0. The van der Waals surface area contributed by atoms with Crippen LogP contribution in [0.25, 0.3) is 10.2 Å². The fourth-order valence-corrected chi connectivity index (χ4v) is 3.49. The van der Waals surface area contributed by atoms with Crippen LogP contribution in [0.5, 0.6) is 0 Å². The van der Waals surface area contributed by atoms with Gasteiger partial charge in [0.1, 0.15) is 10.5 Å². The van der Waals surface area contributed by atoms with E-state index in [1.165, 1.54) is 23.1 Å². The number of aromatic nitrogens is 6. The lowest BCUT2D eigenvalue weighted by Crippen LogP contribution is -2.09. The van der Waals surface area contributed by atoms with Gasteiger partial charge in [-0.3, -0.25) is 4.79 Å². The van der Waals surface area contributed by atoms with E-state index in [4.69, 9.17) is 0 Å². The van der Waals surface area contributed by atoms with E-state index in [1.807, 2.05) is 16.1 Å². The lowest BCUT2D eigenvalue weighted by atomic mass is 10.4. The molecule has 1 saturated carbocycles. The first-order valence-corrected chi connectivity index (χ1v) is 8.05. The van der Waals surface area contributed by atoms with Crippen LogP contribution in [0.4, 0.5) is 0 Å². The van der Waals surface area contributed by atoms with Gasteiger partial charge < -0.3 is 4.98 Å². The second-order valence-corrected chi connectivity index (χ2v) is 6.43. The number of H-pyrrole nitrogens is 1. The first kappa shape index (κ1) is 12.0. The van der Waals surface area contributed by atoms with E-state index in [0.717, 1.165) is 23.5 Å². The predicted molar refractivity (Wildman–Crippen MR) is 75.9 cm³/mol. The van der Waals surface area contributed by atoms with E-state index in [9.17, 15) is 4.79 Å². The van der Waals surface area contributed by atoms with Gasteiger partial charge >= 0.3 is 0 Å². The van der Waals surface area contributed by atoms with Gasteiger partial charge in [0.25, 0.3) is 5.56 Å². The zero-order valence-electron chi connectivity index (χ0n) is 10.3. The summed E-state index contributed by atoms with van der Waals surface area (Å²) in [5.74, 6) is 1.20. The van der Waals surface area contributed by atoms with Crippen molar-refractivity contribution in [2.75, 3.05) is 0 Å². The minimum atomic E-state index is -0.0811. The maximum atomic E-state index is 11.9. The van der Waals surface area contributed by atoms with Crippen molar-refractivity contribution in [3.05, 3.63) is 27.6 Å². The lowest BCUT2D eigenvalue weighted by molar-refractivity contribution is 0.565. The Labute approximate surface area is 121 Å². The molecule has 20 heavy (non-hydrogen) atoms. The Bertz CT molecular complexity index is 818. The topological polar surface area (TPSA) is 89.4 Å². The van der Waals surface area contributed by atoms with E-state index in [0.29, 0.717) is 22.3 Å². The Kier molecular flexibility index (Phi) is 2.81. The highest BCUT2D eigenvalue weighted by molar-refractivity contribution is 7.98. The number of hydrogen-bond acceptors (Lipinski definition) is 7. The molecule has 0 saturated heterocycles. The van der Waals surface area contributed by atoms with Gasteiger partial charge in [-0.2, -0.15) is 0 Å². The number of thioether (sulfide) groups is 1. The highest BCUT2D eigenvalue weighted by atomic mass is 32.2. The van der Waals surface area contributed by atoms with Crippen LogP contribution in [-0.4, -0.2) is 30.2 Å². The average Bonchev–Trinajstić information content (AvgIpc) is 3.00. The van der Waals surface area contributed by atoms with Crippen molar-refractivity contribution in [2.24, 2.45) is 0 Å². The Morgan fingerprint density at radius 1 is 1.50 bits per heavy atom. The molecule has 1 aliphatic rings. The smallest absolute Gasteiger partial charge is 0.268 e. The quantitative estimate of drug-likeness (QED) is 0.736. The summed E-state index contributed by atoms with van der Waals surface area (Å²) in [7, 11) is 0. The minimum Gasteiger partial charge on any atom is -0.309 e. The van der Waals surface area contributed by atoms with Crippen molar-refractivity contribution in [1.29, 1.82) is 0 Å². The maximum absolute atomic E-state index is 11.9. The summed E-state index contributed by atoms with van der Waals surface area (Å²) in [6.45, 7) is 0. The zero-order chi connectivity index (χ0) is 13.5. The fraction of sp³-hybridized carbons (Fsp3) is 0.364. The number of nitrogens with zero attached hydrogens (tertiary/aromatic N) is 5. The van der Waals surface area contributed by atoms with Crippen molar-refractivity contribution in [2.45, 2.75) is 29.8 Å².